The van der Waals surface area contributed by atoms with Crippen LogP contribution in [-0.2, 0) is 0 Å². The zero-order valence-corrected chi connectivity index (χ0v) is 9.35. The molecule has 1 nitrogen and oxygen atoms in total. The topological polar surface area (TPSA) is 26.0 Å². The van der Waals surface area contributed by atoms with Crippen LogP contribution in [0.3, 0.4) is 0 Å². The van der Waals surface area contributed by atoms with E-state index in [1.54, 1.807) is 0 Å². The van der Waals surface area contributed by atoms with Gasteiger partial charge in [0.1, 0.15) is 11.6 Å². The maximum atomic E-state index is 12.9. The number of hydrogen-bond donors (Lipinski definition) is 1. The van der Waals surface area contributed by atoms with Crippen LogP contribution in [0.5, 0.6) is 0 Å². The lowest BCUT2D eigenvalue weighted by Gasteiger charge is -2.23. The van der Waals surface area contributed by atoms with Crippen molar-refractivity contribution in [3.8, 4) is 0 Å². The van der Waals surface area contributed by atoms with E-state index in [-0.39, 0.29) is 11.5 Å². The minimum Gasteiger partial charge on any atom is -0.324 e. The second-order valence-electron chi connectivity index (χ2n) is 5.07. The van der Waals surface area contributed by atoms with Gasteiger partial charge in [0.25, 0.3) is 0 Å². The van der Waals surface area contributed by atoms with E-state index < -0.39 is 11.6 Å². The molecule has 15 heavy (non-hydrogen) atoms. The van der Waals surface area contributed by atoms with Gasteiger partial charge in [0.05, 0.1) is 0 Å². The SMILES string of the molecule is CC(C)(C)CC(N)c1cc(F)cc(F)c1. The number of halogens is 2. The van der Waals surface area contributed by atoms with Crippen molar-refractivity contribution in [1.29, 1.82) is 0 Å². The van der Waals surface area contributed by atoms with E-state index in [4.69, 9.17) is 5.73 Å². The number of hydrogen-bond acceptors (Lipinski definition) is 1. The van der Waals surface area contributed by atoms with E-state index in [0.717, 1.165) is 6.07 Å². The fourth-order valence-corrected chi connectivity index (χ4v) is 1.57. The van der Waals surface area contributed by atoms with Crippen LogP contribution in [0, 0.1) is 17.0 Å². The molecule has 1 aromatic carbocycles. The normalized spacial score (nSPS) is 14.0. The summed E-state index contributed by atoms with van der Waals surface area (Å²) in [6, 6.07) is 3.11. The zero-order chi connectivity index (χ0) is 11.6. The average Bonchev–Trinajstić information content (AvgIpc) is 1.98. The minimum atomic E-state index is -0.575. The summed E-state index contributed by atoms with van der Waals surface area (Å²) in [5.41, 5.74) is 6.45. The molecule has 0 aliphatic carbocycles. The van der Waals surface area contributed by atoms with E-state index in [0.29, 0.717) is 12.0 Å². The first-order valence-electron chi connectivity index (χ1n) is 4.99. The van der Waals surface area contributed by atoms with E-state index in [9.17, 15) is 8.78 Å². The van der Waals surface area contributed by atoms with Crippen LogP contribution >= 0.6 is 0 Å². The highest BCUT2D eigenvalue weighted by Crippen LogP contribution is 2.28. The molecule has 1 rings (SSSR count). The van der Waals surface area contributed by atoms with Crippen LogP contribution in [0.2, 0.25) is 0 Å². The van der Waals surface area contributed by atoms with Gasteiger partial charge in [-0.15, -0.1) is 0 Å². The van der Waals surface area contributed by atoms with Gasteiger partial charge in [-0.25, -0.2) is 8.78 Å². The van der Waals surface area contributed by atoms with Gasteiger partial charge in [0, 0.05) is 12.1 Å². The molecule has 0 fully saturated rings. The Balaban J connectivity index is 2.86. The lowest BCUT2D eigenvalue weighted by Crippen LogP contribution is -2.19. The van der Waals surface area contributed by atoms with Gasteiger partial charge in [-0.05, 0) is 29.5 Å². The fraction of sp³-hybridized carbons (Fsp3) is 0.500. The van der Waals surface area contributed by atoms with Crippen molar-refractivity contribution in [2.75, 3.05) is 0 Å². The van der Waals surface area contributed by atoms with Crippen LogP contribution in [0.4, 0.5) is 8.78 Å². The van der Waals surface area contributed by atoms with Gasteiger partial charge in [-0.1, -0.05) is 20.8 Å². The first-order chi connectivity index (χ1) is 6.78. The third-order valence-electron chi connectivity index (χ3n) is 2.15. The lowest BCUT2D eigenvalue weighted by atomic mass is 9.86. The van der Waals surface area contributed by atoms with Gasteiger partial charge in [0.2, 0.25) is 0 Å². The Morgan fingerprint density at radius 3 is 2.00 bits per heavy atom. The predicted molar refractivity (Wildman–Crippen MR) is 57.4 cm³/mol. The maximum Gasteiger partial charge on any atom is 0.126 e. The number of benzene rings is 1. The largest absolute Gasteiger partial charge is 0.324 e. The summed E-state index contributed by atoms with van der Waals surface area (Å²) in [7, 11) is 0. The molecule has 2 N–H and O–H groups in total. The van der Waals surface area contributed by atoms with Crippen molar-refractivity contribution >= 4 is 0 Å². The summed E-state index contributed by atoms with van der Waals surface area (Å²) < 4.78 is 25.9. The number of rotatable bonds is 2. The summed E-state index contributed by atoms with van der Waals surface area (Å²) in [5, 5.41) is 0. The summed E-state index contributed by atoms with van der Waals surface area (Å²) >= 11 is 0. The molecule has 0 aromatic heterocycles. The second-order valence-corrected chi connectivity index (χ2v) is 5.07. The monoisotopic (exact) mass is 213 g/mol. The van der Waals surface area contributed by atoms with Gasteiger partial charge >= 0.3 is 0 Å². The molecule has 1 atom stereocenters. The Bertz CT molecular complexity index is 322. The quantitative estimate of drug-likeness (QED) is 0.800. The van der Waals surface area contributed by atoms with Gasteiger partial charge in [-0.2, -0.15) is 0 Å². The van der Waals surface area contributed by atoms with Crippen molar-refractivity contribution in [3.05, 3.63) is 35.4 Å². The van der Waals surface area contributed by atoms with E-state index in [1.165, 1.54) is 12.1 Å². The van der Waals surface area contributed by atoms with Crippen molar-refractivity contribution < 1.29 is 8.78 Å². The molecule has 1 aromatic rings. The van der Waals surface area contributed by atoms with Crippen molar-refractivity contribution in [2.24, 2.45) is 11.1 Å². The molecular weight excluding hydrogens is 196 g/mol. The summed E-state index contributed by atoms with van der Waals surface area (Å²) in [5.74, 6) is -1.15. The van der Waals surface area contributed by atoms with Crippen molar-refractivity contribution in [3.63, 3.8) is 0 Å². The van der Waals surface area contributed by atoms with Crippen LogP contribution in [0.25, 0.3) is 0 Å². The molecule has 0 heterocycles. The molecule has 0 bridgehead atoms. The molecule has 1 unspecified atom stereocenters. The van der Waals surface area contributed by atoms with E-state index in [2.05, 4.69) is 0 Å². The maximum absolute atomic E-state index is 12.9. The van der Waals surface area contributed by atoms with E-state index in [1.807, 2.05) is 20.8 Å². The molecule has 0 saturated heterocycles. The first kappa shape index (κ1) is 12.1. The summed E-state index contributed by atoms with van der Waals surface area (Å²) in [6.45, 7) is 6.13. The molecule has 0 aliphatic rings. The van der Waals surface area contributed by atoms with E-state index >= 15 is 0 Å². The Hall–Kier alpha value is -0.960. The fourth-order valence-electron chi connectivity index (χ4n) is 1.57. The second kappa shape index (κ2) is 4.27. The van der Waals surface area contributed by atoms with Crippen molar-refractivity contribution in [2.45, 2.75) is 33.2 Å². The highest BCUT2D eigenvalue weighted by atomic mass is 19.1. The number of nitrogens with two attached hydrogens (primary N) is 1. The smallest absolute Gasteiger partial charge is 0.126 e. The van der Waals surface area contributed by atoms with Gasteiger partial charge < -0.3 is 5.73 Å². The third kappa shape index (κ3) is 3.96. The molecule has 0 aliphatic heterocycles. The van der Waals surface area contributed by atoms with Gasteiger partial charge in [-0.3, -0.25) is 0 Å². The Morgan fingerprint density at radius 1 is 1.13 bits per heavy atom. The predicted octanol–water partition coefficient (Wildman–Crippen LogP) is 3.40. The molecule has 0 radical (unpaired) electrons. The molecular formula is C12H17F2N. The standard InChI is InChI=1S/C12H17F2N/c1-12(2,3)7-11(15)8-4-9(13)6-10(14)5-8/h4-6,11H,7,15H2,1-3H3. The highest BCUT2D eigenvalue weighted by Gasteiger charge is 2.17. The summed E-state index contributed by atoms with van der Waals surface area (Å²) in [4.78, 5) is 0. The van der Waals surface area contributed by atoms with Crippen molar-refractivity contribution in [1.82, 2.24) is 0 Å². The minimum absolute atomic E-state index is 0.0439. The van der Waals surface area contributed by atoms with Crippen LogP contribution in [0.15, 0.2) is 18.2 Å². The molecule has 0 spiro atoms. The van der Waals surface area contributed by atoms with Gasteiger partial charge in [0.15, 0.2) is 0 Å². The van der Waals surface area contributed by atoms with Crippen LogP contribution < -0.4 is 5.73 Å². The third-order valence-corrected chi connectivity index (χ3v) is 2.15. The Kier molecular flexibility index (Phi) is 3.45. The average molecular weight is 213 g/mol. The molecule has 0 amide bonds. The highest BCUT2D eigenvalue weighted by molar-refractivity contribution is 5.21. The van der Waals surface area contributed by atoms with Crippen LogP contribution in [-0.4, -0.2) is 0 Å². The van der Waals surface area contributed by atoms with Crippen LogP contribution in [0.1, 0.15) is 38.8 Å². The zero-order valence-electron chi connectivity index (χ0n) is 9.35. The molecule has 0 saturated carbocycles. The molecule has 84 valence electrons. The lowest BCUT2D eigenvalue weighted by molar-refractivity contribution is 0.342. The first-order valence-corrected chi connectivity index (χ1v) is 4.99. The Morgan fingerprint density at radius 2 is 1.60 bits per heavy atom. The molecule has 3 heteroatoms. The summed E-state index contributed by atoms with van der Waals surface area (Å²) in [6.07, 6.45) is 0.690. The Labute approximate surface area is 89.3 Å².